The average Bonchev–Trinajstić information content (AvgIpc) is 2.92. The second kappa shape index (κ2) is 12.0. The summed E-state index contributed by atoms with van der Waals surface area (Å²) < 4.78 is 22.8. The van der Waals surface area contributed by atoms with E-state index in [1.54, 1.807) is 18.7 Å². The molecule has 9 heteroatoms. The zero-order chi connectivity index (χ0) is 29.0. The van der Waals surface area contributed by atoms with Gasteiger partial charge in [0.05, 0.1) is 18.8 Å². The van der Waals surface area contributed by atoms with E-state index in [0.717, 1.165) is 22.4 Å². The summed E-state index contributed by atoms with van der Waals surface area (Å²) in [4.78, 5) is 41.8. The molecular weight excluding hydrogens is 526 g/mol. The van der Waals surface area contributed by atoms with Crippen LogP contribution < -0.4 is 4.43 Å². The van der Waals surface area contributed by atoms with Gasteiger partial charge in [0.1, 0.15) is 12.4 Å². The number of carbonyl (C=O) groups excluding carboxylic acids is 3. The summed E-state index contributed by atoms with van der Waals surface area (Å²) in [6.07, 6.45) is 1.45. The third-order valence-corrected chi connectivity index (χ3v) is 8.66. The minimum atomic E-state index is -1.81. The molecule has 1 saturated carbocycles. The molecule has 0 atom stereocenters. The van der Waals surface area contributed by atoms with E-state index >= 15 is 0 Å². The van der Waals surface area contributed by atoms with Crippen molar-refractivity contribution < 1.29 is 33.0 Å². The lowest BCUT2D eigenvalue weighted by Gasteiger charge is -2.52. The van der Waals surface area contributed by atoms with E-state index in [9.17, 15) is 14.4 Å². The van der Waals surface area contributed by atoms with Crippen LogP contribution in [0.5, 0.6) is 5.75 Å². The molecule has 1 aliphatic heterocycles. The highest BCUT2D eigenvalue weighted by atomic mass is 28.4. The van der Waals surface area contributed by atoms with Gasteiger partial charge < -0.3 is 18.6 Å². The molecule has 1 spiro atoms. The molecular formula is C31H41NO7Si. The number of benzene rings is 2. The Morgan fingerprint density at radius 3 is 2.05 bits per heavy atom. The summed E-state index contributed by atoms with van der Waals surface area (Å²) in [7, 11) is -1.81. The number of hydrogen-bond acceptors (Lipinski definition) is 7. The molecule has 2 aromatic rings. The van der Waals surface area contributed by atoms with Gasteiger partial charge in [0.2, 0.25) is 8.32 Å². The number of esters is 2. The molecule has 216 valence electrons. The van der Waals surface area contributed by atoms with Gasteiger partial charge in [0, 0.05) is 6.54 Å². The summed E-state index contributed by atoms with van der Waals surface area (Å²) in [5.41, 5.74) is 0.904. The highest BCUT2D eigenvalue weighted by molar-refractivity contribution is 6.70. The molecule has 8 nitrogen and oxygen atoms in total. The molecule has 0 aromatic heterocycles. The standard InChI is InChI=1S/C31H41NO7Si/c1-6-36-27(33)30(28(34)37-7-2)16-18-31(19-17-30)26-14-13-25(39-40(3,4)5)21-24(26)15-20-32(31)29(35)38-22-23-11-9-8-10-12-23/h8-14,21H,6-7,15-20,22H2,1-5H3. The Kier molecular flexibility index (Phi) is 8.92. The molecule has 2 aromatic carbocycles. The van der Waals surface area contributed by atoms with Gasteiger partial charge in [0.25, 0.3) is 0 Å². The largest absolute Gasteiger partial charge is 0.544 e. The number of amides is 1. The van der Waals surface area contributed by atoms with Crippen molar-refractivity contribution in [3.63, 3.8) is 0 Å². The monoisotopic (exact) mass is 567 g/mol. The van der Waals surface area contributed by atoms with E-state index in [-0.39, 0.29) is 32.7 Å². The smallest absolute Gasteiger partial charge is 0.410 e. The first-order chi connectivity index (χ1) is 19.0. The van der Waals surface area contributed by atoms with Gasteiger partial charge in [-0.3, -0.25) is 14.5 Å². The maximum Gasteiger partial charge on any atom is 0.410 e. The molecule has 0 saturated heterocycles. The second-order valence-corrected chi connectivity index (χ2v) is 16.0. The summed E-state index contributed by atoms with van der Waals surface area (Å²) in [5.74, 6) is -0.288. The Balaban J connectivity index is 1.69. The zero-order valence-corrected chi connectivity index (χ0v) is 25.3. The molecule has 40 heavy (non-hydrogen) atoms. The van der Waals surface area contributed by atoms with Gasteiger partial charge in [-0.15, -0.1) is 0 Å². The first-order valence-corrected chi connectivity index (χ1v) is 17.6. The van der Waals surface area contributed by atoms with Crippen LogP contribution in [0.15, 0.2) is 48.5 Å². The summed E-state index contributed by atoms with van der Waals surface area (Å²) in [5, 5.41) is 0. The Morgan fingerprint density at radius 1 is 0.850 bits per heavy atom. The number of fused-ring (bicyclic) bond motifs is 2. The number of ether oxygens (including phenoxy) is 3. The maximum absolute atomic E-state index is 13.6. The molecule has 0 bridgehead atoms. The molecule has 0 N–H and O–H groups in total. The first kappa shape index (κ1) is 29.6. The first-order valence-electron chi connectivity index (χ1n) is 14.2. The fraction of sp³-hybridized carbons (Fsp3) is 0.516. The Hall–Kier alpha value is -3.33. The molecule has 1 aliphatic carbocycles. The van der Waals surface area contributed by atoms with Crippen molar-refractivity contribution in [2.24, 2.45) is 5.41 Å². The maximum atomic E-state index is 13.6. The number of nitrogens with zero attached hydrogens (tertiary/aromatic N) is 1. The van der Waals surface area contributed by atoms with Crippen LogP contribution in [0.3, 0.4) is 0 Å². The predicted octanol–water partition coefficient (Wildman–Crippen LogP) is 5.98. The normalized spacial score (nSPS) is 17.5. The van der Waals surface area contributed by atoms with Crippen LogP contribution in [0.25, 0.3) is 0 Å². The van der Waals surface area contributed by atoms with Gasteiger partial charge in [0.15, 0.2) is 5.41 Å². The third-order valence-electron chi connectivity index (χ3n) is 7.81. The third kappa shape index (κ3) is 6.04. The van der Waals surface area contributed by atoms with Crippen LogP contribution in [-0.2, 0) is 42.4 Å². The van der Waals surface area contributed by atoms with E-state index in [4.69, 9.17) is 18.6 Å². The van der Waals surface area contributed by atoms with Crippen LogP contribution >= 0.6 is 0 Å². The quantitative estimate of drug-likeness (QED) is 0.168. The van der Waals surface area contributed by atoms with Crippen molar-refractivity contribution in [1.29, 1.82) is 0 Å². The fourth-order valence-corrected chi connectivity index (χ4v) is 6.80. The number of hydrogen-bond donors (Lipinski definition) is 0. The van der Waals surface area contributed by atoms with E-state index < -0.39 is 37.3 Å². The molecule has 0 unspecified atom stereocenters. The van der Waals surface area contributed by atoms with Crippen molar-refractivity contribution in [1.82, 2.24) is 4.90 Å². The average molecular weight is 568 g/mol. The molecule has 0 radical (unpaired) electrons. The van der Waals surface area contributed by atoms with Crippen molar-refractivity contribution in [3.05, 3.63) is 65.2 Å². The van der Waals surface area contributed by atoms with Gasteiger partial charge in [-0.2, -0.15) is 0 Å². The molecule has 1 amide bonds. The molecule has 1 fully saturated rings. The lowest BCUT2D eigenvalue weighted by atomic mass is 9.62. The van der Waals surface area contributed by atoms with Gasteiger partial charge >= 0.3 is 18.0 Å². The van der Waals surface area contributed by atoms with Crippen LogP contribution in [0.2, 0.25) is 19.6 Å². The molecule has 2 aliphatic rings. The lowest BCUT2D eigenvalue weighted by Crippen LogP contribution is -2.58. The zero-order valence-electron chi connectivity index (χ0n) is 24.3. The van der Waals surface area contributed by atoms with Crippen LogP contribution in [0.1, 0.15) is 56.2 Å². The van der Waals surface area contributed by atoms with Crippen LogP contribution in [0.4, 0.5) is 4.79 Å². The predicted molar refractivity (Wildman–Crippen MR) is 153 cm³/mol. The topological polar surface area (TPSA) is 91.4 Å². The van der Waals surface area contributed by atoms with Gasteiger partial charge in [-0.1, -0.05) is 36.4 Å². The van der Waals surface area contributed by atoms with Crippen molar-refractivity contribution in [2.75, 3.05) is 19.8 Å². The SMILES string of the molecule is CCOC(=O)C1(C(=O)OCC)CCC2(CC1)c1ccc(O[Si](C)(C)C)cc1CCN2C(=O)OCc1ccccc1. The van der Waals surface area contributed by atoms with E-state index in [1.165, 1.54) is 0 Å². The van der Waals surface area contributed by atoms with E-state index in [2.05, 4.69) is 25.7 Å². The molecule has 4 rings (SSSR count). The van der Waals surface area contributed by atoms with E-state index in [0.29, 0.717) is 25.8 Å². The summed E-state index contributed by atoms with van der Waals surface area (Å²) in [6.45, 7) is 10.8. The molecule has 1 heterocycles. The Labute approximate surface area is 238 Å². The minimum absolute atomic E-state index is 0.164. The van der Waals surface area contributed by atoms with Gasteiger partial charge in [-0.05, 0) is 94.4 Å². The number of rotatable bonds is 8. The number of carbonyl (C=O) groups is 3. The highest BCUT2D eigenvalue weighted by Crippen LogP contribution is 2.53. The van der Waals surface area contributed by atoms with E-state index in [1.807, 2.05) is 42.5 Å². The van der Waals surface area contributed by atoms with Crippen LogP contribution in [0, 0.1) is 5.41 Å². The van der Waals surface area contributed by atoms with Crippen LogP contribution in [-0.4, -0.2) is 51.0 Å². The fourth-order valence-electron chi connectivity index (χ4n) is 5.96. The van der Waals surface area contributed by atoms with Gasteiger partial charge in [-0.25, -0.2) is 4.79 Å². The summed E-state index contributed by atoms with van der Waals surface area (Å²) in [6, 6.07) is 15.7. The minimum Gasteiger partial charge on any atom is -0.544 e. The lowest BCUT2D eigenvalue weighted by molar-refractivity contribution is -0.177. The highest BCUT2D eigenvalue weighted by Gasteiger charge is 2.58. The Bertz CT molecular complexity index is 1200. The second-order valence-electron chi connectivity index (χ2n) is 11.5. The van der Waals surface area contributed by atoms with Crippen molar-refractivity contribution >= 4 is 26.3 Å². The van der Waals surface area contributed by atoms with Crippen molar-refractivity contribution in [3.8, 4) is 5.75 Å². The Morgan fingerprint density at radius 2 is 1.48 bits per heavy atom. The summed E-state index contributed by atoms with van der Waals surface area (Å²) >= 11 is 0. The van der Waals surface area contributed by atoms with Crippen molar-refractivity contribution in [2.45, 2.75) is 77.7 Å².